The first kappa shape index (κ1) is 19.2. The number of hydrogen-bond acceptors (Lipinski definition) is 5. The van der Waals surface area contributed by atoms with Crippen molar-refractivity contribution in [1.29, 1.82) is 0 Å². The van der Waals surface area contributed by atoms with Gasteiger partial charge in [0.1, 0.15) is 0 Å². The van der Waals surface area contributed by atoms with Gasteiger partial charge in [0.05, 0.1) is 5.75 Å². The SMILES string of the molecule is CCc1cccc(C)c1NC(=O)CSc1nnc(-c2cc(C)cc(C)c2)o1. The quantitative estimate of drug-likeness (QED) is 0.612. The molecular formula is C21H23N3O2S. The van der Waals surface area contributed by atoms with Crippen molar-refractivity contribution < 1.29 is 9.21 Å². The van der Waals surface area contributed by atoms with Gasteiger partial charge in [0.2, 0.25) is 11.8 Å². The van der Waals surface area contributed by atoms with E-state index >= 15 is 0 Å². The molecule has 0 aliphatic rings. The Morgan fingerprint density at radius 2 is 1.85 bits per heavy atom. The van der Waals surface area contributed by atoms with Gasteiger partial charge in [-0.3, -0.25) is 4.79 Å². The maximum atomic E-state index is 12.4. The van der Waals surface area contributed by atoms with Crippen LogP contribution in [0.25, 0.3) is 11.5 Å². The number of rotatable bonds is 6. The first-order valence-electron chi connectivity index (χ1n) is 8.89. The fourth-order valence-corrected chi connectivity index (χ4v) is 3.55. The van der Waals surface area contributed by atoms with Crippen molar-refractivity contribution in [2.75, 3.05) is 11.1 Å². The molecule has 6 heteroatoms. The number of nitrogens with one attached hydrogen (secondary N) is 1. The summed E-state index contributed by atoms with van der Waals surface area (Å²) in [6, 6.07) is 12.1. The summed E-state index contributed by atoms with van der Waals surface area (Å²) in [4.78, 5) is 12.4. The summed E-state index contributed by atoms with van der Waals surface area (Å²) >= 11 is 1.24. The van der Waals surface area contributed by atoms with Gasteiger partial charge in [0.25, 0.3) is 5.22 Å². The minimum absolute atomic E-state index is 0.0878. The highest BCUT2D eigenvalue weighted by atomic mass is 32.2. The molecule has 3 aromatic rings. The van der Waals surface area contributed by atoms with E-state index in [1.807, 2.05) is 51.1 Å². The largest absolute Gasteiger partial charge is 0.411 e. The van der Waals surface area contributed by atoms with Crippen molar-refractivity contribution in [3.63, 3.8) is 0 Å². The highest BCUT2D eigenvalue weighted by Gasteiger charge is 2.13. The van der Waals surface area contributed by atoms with Crippen molar-refractivity contribution in [2.45, 2.75) is 39.3 Å². The Morgan fingerprint density at radius 3 is 2.56 bits per heavy atom. The molecule has 0 radical (unpaired) electrons. The molecule has 0 aliphatic heterocycles. The lowest BCUT2D eigenvalue weighted by atomic mass is 10.1. The van der Waals surface area contributed by atoms with Crippen molar-refractivity contribution in [3.8, 4) is 11.5 Å². The van der Waals surface area contributed by atoms with Gasteiger partial charge in [-0.05, 0) is 50.5 Å². The lowest BCUT2D eigenvalue weighted by Gasteiger charge is -2.12. The zero-order valence-corrected chi connectivity index (χ0v) is 16.8. The van der Waals surface area contributed by atoms with Gasteiger partial charge in [-0.2, -0.15) is 0 Å². The Bertz CT molecular complexity index is 946. The molecule has 1 N–H and O–H groups in total. The third kappa shape index (κ3) is 4.77. The van der Waals surface area contributed by atoms with E-state index in [4.69, 9.17) is 4.42 Å². The number of amides is 1. The molecule has 0 saturated carbocycles. The van der Waals surface area contributed by atoms with Gasteiger partial charge < -0.3 is 9.73 Å². The topological polar surface area (TPSA) is 68.0 Å². The normalized spacial score (nSPS) is 10.8. The fourth-order valence-electron chi connectivity index (χ4n) is 2.99. The predicted molar refractivity (Wildman–Crippen MR) is 109 cm³/mol. The number of carbonyl (C=O) groups excluding carboxylic acids is 1. The average molecular weight is 382 g/mol. The molecule has 2 aromatic carbocycles. The molecule has 1 aromatic heterocycles. The van der Waals surface area contributed by atoms with Crippen molar-refractivity contribution in [3.05, 3.63) is 58.7 Å². The average Bonchev–Trinajstić information content (AvgIpc) is 3.10. The van der Waals surface area contributed by atoms with Crippen LogP contribution in [-0.2, 0) is 11.2 Å². The summed E-state index contributed by atoms with van der Waals surface area (Å²) in [6.45, 7) is 8.13. The van der Waals surface area contributed by atoms with Gasteiger partial charge in [0, 0.05) is 11.3 Å². The highest BCUT2D eigenvalue weighted by Crippen LogP contribution is 2.26. The van der Waals surface area contributed by atoms with E-state index in [1.165, 1.54) is 11.8 Å². The fraction of sp³-hybridized carbons (Fsp3) is 0.286. The first-order valence-corrected chi connectivity index (χ1v) is 9.88. The van der Waals surface area contributed by atoms with E-state index < -0.39 is 0 Å². The summed E-state index contributed by atoms with van der Waals surface area (Å²) in [5, 5.41) is 11.5. The van der Waals surface area contributed by atoms with E-state index in [-0.39, 0.29) is 11.7 Å². The second-order valence-electron chi connectivity index (χ2n) is 6.55. The lowest BCUT2D eigenvalue weighted by molar-refractivity contribution is -0.113. The molecule has 1 amide bonds. The molecule has 0 aliphatic carbocycles. The molecule has 0 bridgehead atoms. The van der Waals surface area contributed by atoms with E-state index in [1.54, 1.807) is 0 Å². The highest BCUT2D eigenvalue weighted by molar-refractivity contribution is 7.99. The molecule has 27 heavy (non-hydrogen) atoms. The van der Waals surface area contributed by atoms with Crippen molar-refractivity contribution in [2.24, 2.45) is 0 Å². The number of hydrogen-bond donors (Lipinski definition) is 1. The minimum atomic E-state index is -0.0878. The number of carbonyl (C=O) groups is 1. The van der Waals surface area contributed by atoms with Gasteiger partial charge in [-0.1, -0.05) is 54.1 Å². The molecule has 5 nitrogen and oxygen atoms in total. The number of para-hydroxylation sites is 1. The van der Waals surface area contributed by atoms with Crippen LogP contribution in [0.5, 0.6) is 0 Å². The van der Waals surface area contributed by atoms with Crippen LogP contribution in [0.1, 0.15) is 29.2 Å². The van der Waals surface area contributed by atoms with Crippen LogP contribution in [0.4, 0.5) is 5.69 Å². The molecular weight excluding hydrogens is 358 g/mol. The summed E-state index contributed by atoms with van der Waals surface area (Å²) in [5.74, 6) is 0.596. The molecule has 140 valence electrons. The smallest absolute Gasteiger partial charge is 0.277 e. The third-order valence-electron chi connectivity index (χ3n) is 4.21. The number of anilines is 1. The van der Waals surface area contributed by atoms with Gasteiger partial charge in [-0.25, -0.2) is 0 Å². The monoisotopic (exact) mass is 381 g/mol. The summed E-state index contributed by atoms with van der Waals surface area (Å²) in [7, 11) is 0. The lowest BCUT2D eigenvalue weighted by Crippen LogP contribution is -2.16. The molecule has 0 saturated heterocycles. The van der Waals surface area contributed by atoms with Crippen molar-refractivity contribution >= 4 is 23.4 Å². The van der Waals surface area contributed by atoms with Crippen molar-refractivity contribution in [1.82, 2.24) is 10.2 Å². The number of nitrogens with zero attached hydrogens (tertiary/aromatic N) is 2. The summed E-state index contributed by atoms with van der Waals surface area (Å²) in [6.07, 6.45) is 0.868. The van der Waals surface area contributed by atoms with E-state index in [0.717, 1.165) is 39.9 Å². The number of benzene rings is 2. The maximum Gasteiger partial charge on any atom is 0.277 e. The second kappa shape index (κ2) is 8.39. The summed E-state index contributed by atoms with van der Waals surface area (Å²) < 4.78 is 5.71. The van der Waals surface area contributed by atoms with Crippen LogP contribution < -0.4 is 5.32 Å². The molecule has 1 heterocycles. The van der Waals surface area contributed by atoms with Crippen LogP contribution in [0.2, 0.25) is 0 Å². The molecule has 0 fully saturated rings. The number of thioether (sulfide) groups is 1. The molecule has 0 unspecified atom stereocenters. The standard InChI is InChI=1S/C21H23N3O2S/c1-5-16-8-6-7-15(4)19(16)22-18(25)12-27-21-24-23-20(26-21)17-10-13(2)9-14(3)11-17/h6-11H,5,12H2,1-4H3,(H,22,25). The van der Waals surface area contributed by atoms with Crippen LogP contribution in [0, 0.1) is 20.8 Å². The Balaban J connectivity index is 1.64. The zero-order valence-electron chi connectivity index (χ0n) is 16.0. The van der Waals surface area contributed by atoms with Gasteiger partial charge in [0.15, 0.2) is 0 Å². The number of aryl methyl sites for hydroxylation is 4. The molecule has 0 atom stereocenters. The van der Waals surface area contributed by atoms with Gasteiger partial charge in [-0.15, -0.1) is 10.2 Å². The zero-order chi connectivity index (χ0) is 19.4. The Hall–Kier alpha value is -2.60. The van der Waals surface area contributed by atoms with Crippen LogP contribution in [-0.4, -0.2) is 21.9 Å². The Morgan fingerprint density at radius 1 is 1.11 bits per heavy atom. The Labute approximate surface area is 163 Å². The maximum absolute atomic E-state index is 12.4. The first-order chi connectivity index (χ1) is 13.0. The van der Waals surface area contributed by atoms with Crippen LogP contribution >= 0.6 is 11.8 Å². The third-order valence-corrected chi connectivity index (χ3v) is 5.02. The van der Waals surface area contributed by atoms with Gasteiger partial charge >= 0.3 is 0 Å². The van der Waals surface area contributed by atoms with E-state index in [9.17, 15) is 4.79 Å². The molecule has 0 spiro atoms. The second-order valence-corrected chi connectivity index (χ2v) is 7.48. The van der Waals surface area contributed by atoms with Crippen LogP contribution in [0.15, 0.2) is 46.0 Å². The summed E-state index contributed by atoms with van der Waals surface area (Å²) in [5.41, 5.74) is 6.25. The Kier molecular flexibility index (Phi) is 5.96. The van der Waals surface area contributed by atoms with Crippen LogP contribution in [0.3, 0.4) is 0 Å². The molecule has 3 rings (SSSR count). The minimum Gasteiger partial charge on any atom is -0.411 e. The number of aromatic nitrogens is 2. The predicted octanol–water partition coefficient (Wildman–Crippen LogP) is 4.96. The van der Waals surface area contributed by atoms with E-state index in [2.05, 4.69) is 28.5 Å². The van der Waals surface area contributed by atoms with E-state index in [0.29, 0.717) is 11.1 Å².